The molecule has 1 aliphatic rings. The van der Waals surface area contributed by atoms with Gasteiger partial charge >= 0.3 is 0 Å². The number of amides is 2. The highest BCUT2D eigenvalue weighted by Crippen LogP contribution is 2.42. The van der Waals surface area contributed by atoms with E-state index in [0.717, 1.165) is 4.47 Å². The minimum atomic E-state index is -0.755. The molecule has 1 atom stereocenters. The monoisotopic (exact) mass is 534 g/mol. The second-order valence-corrected chi connectivity index (χ2v) is 8.83. The summed E-state index contributed by atoms with van der Waals surface area (Å²) in [5.74, 6) is -0.0433. The van der Waals surface area contributed by atoms with Crippen molar-refractivity contribution in [3.05, 3.63) is 98.3 Å². The topological polar surface area (TPSA) is 112 Å². The fourth-order valence-electron chi connectivity index (χ4n) is 4.19. The highest BCUT2D eigenvalue weighted by atomic mass is 79.9. The molecule has 8 nitrogen and oxygen atoms in total. The fourth-order valence-corrected chi connectivity index (χ4v) is 4.55. The molecule has 1 aliphatic heterocycles. The van der Waals surface area contributed by atoms with E-state index in [1.54, 1.807) is 66.7 Å². The molecular formula is C26H19BrN2O6. The van der Waals surface area contributed by atoms with Crippen molar-refractivity contribution >= 4 is 44.4 Å². The Hall–Kier alpha value is -4.11. The van der Waals surface area contributed by atoms with Crippen molar-refractivity contribution in [3.63, 3.8) is 0 Å². The van der Waals surface area contributed by atoms with Gasteiger partial charge in [-0.05, 0) is 48.0 Å². The summed E-state index contributed by atoms with van der Waals surface area (Å²) in [7, 11) is 1.54. The zero-order chi connectivity index (χ0) is 24.7. The lowest BCUT2D eigenvalue weighted by atomic mass is 9.98. The van der Waals surface area contributed by atoms with E-state index in [1.165, 1.54) is 12.0 Å². The minimum Gasteiger partial charge on any atom is -0.497 e. The van der Waals surface area contributed by atoms with Gasteiger partial charge < -0.3 is 19.6 Å². The number of hydrogen-bond donors (Lipinski definition) is 1. The van der Waals surface area contributed by atoms with E-state index in [-0.39, 0.29) is 23.4 Å². The number of methoxy groups -OCH3 is 1. The van der Waals surface area contributed by atoms with Crippen molar-refractivity contribution in [3.8, 4) is 11.5 Å². The van der Waals surface area contributed by atoms with Crippen molar-refractivity contribution in [2.75, 3.05) is 18.6 Å². The lowest BCUT2D eigenvalue weighted by Gasteiger charge is -2.25. The van der Waals surface area contributed by atoms with Crippen molar-refractivity contribution in [1.29, 1.82) is 0 Å². The molecule has 0 saturated heterocycles. The molecule has 35 heavy (non-hydrogen) atoms. The molecule has 0 bridgehead atoms. The molecular weight excluding hydrogens is 516 g/mol. The second kappa shape index (κ2) is 8.92. The van der Waals surface area contributed by atoms with Crippen LogP contribution in [0.15, 0.2) is 80.4 Å². The molecule has 2 amide bonds. The van der Waals surface area contributed by atoms with E-state index in [4.69, 9.17) is 19.6 Å². The van der Waals surface area contributed by atoms with E-state index < -0.39 is 17.9 Å². The minimum absolute atomic E-state index is 0.00769. The van der Waals surface area contributed by atoms with Crippen LogP contribution in [-0.2, 0) is 4.79 Å². The number of hydrogen-bond acceptors (Lipinski definition) is 6. The number of carbonyl (C=O) groups is 2. The number of benzene rings is 3. The smallest absolute Gasteiger partial charge is 0.295 e. The van der Waals surface area contributed by atoms with E-state index in [0.29, 0.717) is 33.7 Å². The number of halogens is 1. The van der Waals surface area contributed by atoms with Gasteiger partial charge in [-0.3, -0.25) is 19.3 Å². The number of carbonyl (C=O) groups excluding carboxylic acids is 2. The number of fused-ring (bicyclic) bond motifs is 2. The number of rotatable bonds is 6. The van der Waals surface area contributed by atoms with Crippen LogP contribution in [0.25, 0.3) is 11.0 Å². The van der Waals surface area contributed by atoms with E-state index >= 15 is 0 Å². The molecule has 0 aliphatic carbocycles. The first kappa shape index (κ1) is 22.7. The number of nitrogens with zero attached hydrogens (tertiary/aromatic N) is 1. The summed E-state index contributed by atoms with van der Waals surface area (Å²) < 4.78 is 17.4. The largest absolute Gasteiger partial charge is 0.497 e. The zero-order valence-electron chi connectivity index (χ0n) is 18.5. The van der Waals surface area contributed by atoms with Gasteiger partial charge in [0, 0.05) is 16.2 Å². The van der Waals surface area contributed by atoms with Crippen molar-refractivity contribution in [2.24, 2.45) is 5.73 Å². The maximum Gasteiger partial charge on any atom is 0.295 e. The van der Waals surface area contributed by atoms with Crippen molar-refractivity contribution in [1.82, 2.24) is 0 Å². The van der Waals surface area contributed by atoms with Gasteiger partial charge in [-0.1, -0.05) is 34.1 Å². The van der Waals surface area contributed by atoms with Crippen LogP contribution in [0.4, 0.5) is 5.69 Å². The maximum absolute atomic E-state index is 13.7. The molecule has 1 unspecified atom stereocenters. The molecule has 0 spiro atoms. The van der Waals surface area contributed by atoms with Crippen LogP contribution in [0.3, 0.4) is 0 Å². The molecule has 2 N–H and O–H groups in total. The van der Waals surface area contributed by atoms with E-state index in [1.807, 2.05) is 0 Å². The number of anilines is 1. The number of primary amides is 1. The zero-order valence-corrected chi connectivity index (χ0v) is 20.1. The summed E-state index contributed by atoms with van der Waals surface area (Å²) in [4.78, 5) is 39.9. The molecule has 2 heterocycles. The van der Waals surface area contributed by atoms with Crippen molar-refractivity contribution < 1.29 is 23.5 Å². The lowest BCUT2D eigenvalue weighted by Crippen LogP contribution is -2.29. The average molecular weight is 535 g/mol. The van der Waals surface area contributed by atoms with E-state index in [2.05, 4.69) is 15.9 Å². The average Bonchev–Trinajstić information content (AvgIpc) is 3.16. The third-order valence-corrected chi connectivity index (χ3v) is 6.23. The van der Waals surface area contributed by atoms with Crippen LogP contribution >= 0.6 is 15.9 Å². The summed E-state index contributed by atoms with van der Waals surface area (Å²) in [6.45, 7) is -0.259. The van der Waals surface area contributed by atoms with Gasteiger partial charge in [0.05, 0.1) is 24.1 Å². The highest BCUT2D eigenvalue weighted by Gasteiger charge is 2.43. The molecule has 1 aromatic heterocycles. The molecule has 5 rings (SSSR count). The van der Waals surface area contributed by atoms with Crippen LogP contribution in [-0.4, -0.2) is 25.5 Å². The SMILES string of the molecule is COc1cccc(N2C(=O)c3oc4ccc(Br)cc4c(=O)c3C2c2ccc(OCC(N)=O)cc2)c1. The molecule has 3 aromatic carbocycles. The Kier molecular flexibility index (Phi) is 5.78. The standard InChI is InChI=1S/C26H19BrN2O6/c1-33-18-4-2-3-16(12-18)29-23(14-5-8-17(9-6-14)34-13-21(28)30)22-24(31)19-11-15(27)7-10-20(19)35-25(22)26(29)32/h2-12,23H,13H2,1H3,(H2,28,30). The third-order valence-electron chi connectivity index (χ3n) is 5.74. The first-order valence-corrected chi connectivity index (χ1v) is 11.4. The van der Waals surface area contributed by atoms with Gasteiger partial charge in [0.2, 0.25) is 5.76 Å². The molecule has 4 aromatic rings. The Morgan fingerprint density at radius 1 is 1.06 bits per heavy atom. The summed E-state index contributed by atoms with van der Waals surface area (Å²) >= 11 is 3.40. The van der Waals surface area contributed by atoms with Crippen LogP contribution in [0, 0.1) is 0 Å². The van der Waals surface area contributed by atoms with E-state index in [9.17, 15) is 14.4 Å². The first-order valence-electron chi connectivity index (χ1n) is 10.6. The molecule has 0 fully saturated rings. The molecule has 176 valence electrons. The summed E-state index contributed by atoms with van der Waals surface area (Å²) in [6, 6.07) is 18.1. The van der Waals surface area contributed by atoms with Gasteiger partial charge in [0.25, 0.3) is 11.8 Å². The van der Waals surface area contributed by atoms with Crippen LogP contribution in [0.2, 0.25) is 0 Å². The summed E-state index contributed by atoms with van der Waals surface area (Å²) in [6.07, 6.45) is 0. The molecule has 0 saturated carbocycles. The second-order valence-electron chi connectivity index (χ2n) is 7.92. The number of nitrogens with two attached hydrogens (primary N) is 1. The predicted octanol–water partition coefficient (Wildman–Crippen LogP) is 4.18. The summed E-state index contributed by atoms with van der Waals surface area (Å²) in [5.41, 5.74) is 6.64. The quantitative estimate of drug-likeness (QED) is 0.397. The third kappa shape index (κ3) is 4.04. The Balaban J connectivity index is 1.70. The Labute approximate surface area is 208 Å². The van der Waals surface area contributed by atoms with Gasteiger partial charge in [0.15, 0.2) is 12.0 Å². The van der Waals surface area contributed by atoms with Crippen molar-refractivity contribution in [2.45, 2.75) is 6.04 Å². The first-order chi connectivity index (χ1) is 16.9. The normalized spacial score (nSPS) is 14.7. The van der Waals surface area contributed by atoms with Crippen LogP contribution in [0.5, 0.6) is 11.5 Å². The van der Waals surface area contributed by atoms with Crippen LogP contribution < -0.4 is 25.5 Å². The van der Waals surface area contributed by atoms with Gasteiger partial charge in [-0.25, -0.2) is 0 Å². The van der Waals surface area contributed by atoms with Gasteiger partial charge in [-0.2, -0.15) is 0 Å². The highest BCUT2D eigenvalue weighted by molar-refractivity contribution is 9.10. The molecule has 9 heteroatoms. The van der Waals surface area contributed by atoms with Gasteiger partial charge in [0.1, 0.15) is 17.1 Å². The fraction of sp³-hybridized carbons (Fsp3) is 0.115. The summed E-state index contributed by atoms with van der Waals surface area (Å²) in [5, 5.41) is 0.366. The Bertz CT molecular complexity index is 1530. The molecule has 0 radical (unpaired) electrons. The number of ether oxygens (including phenoxy) is 2. The maximum atomic E-state index is 13.7. The lowest BCUT2D eigenvalue weighted by molar-refractivity contribution is -0.119. The van der Waals surface area contributed by atoms with Gasteiger partial charge in [-0.15, -0.1) is 0 Å². The Morgan fingerprint density at radius 3 is 2.54 bits per heavy atom. The predicted molar refractivity (Wildman–Crippen MR) is 133 cm³/mol. The Morgan fingerprint density at radius 2 is 1.83 bits per heavy atom. The van der Waals surface area contributed by atoms with Crippen LogP contribution in [0.1, 0.15) is 27.7 Å².